The molecule has 1 atom stereocenters. The Kier molecular flexibility index (Phi) is 3.98. The van der Waals surface area contributed by atoms with Crippen molar-refractivity contribution in [3.63, 3.8) is 0 Å². The normalized spacial score (nSPS) is 20.8. The fraction of sp³-hybridized carbons (Fsp3) is 0.500. The third-order valence-electron chi connectivity index (χ3n) is 3.50. The zero-order valence-corrected chi connectivity index (χ0v) is 11.8. The molecule has 0 radical (unpaired) electrons. The third kappa shape index (κ3) is 2.99. The predicted molar refractivity (Wildman–Crippen MR) is 76.7 cm³/mol. The molecule has 2 aliphatic rings. The lowest BCUT2D eigenvalue weighted by Gasteiger charge is -2.20. The van der Waals surface area contributed by atoms with Gasteiger partial charge in [0.25, 0.3) is 0 Å². The average Bonchev–Trinajstić information content (AvgIpc) is 2.92. The number of hydrogen-bond acceptors (Lipinski definition) is 4. The van der Waals surface area contributed by atoms with Gasteiger partial charge in [0, 0.05) is 24.6 Å². The number of anilines is 1. The van der Waals surface area contributed by atoms with Crippen molar-refractivity contribution in [3.05, 3.63) is 17.2 Å². The molecular weight excluding hydrogens is 280 g/mol. The molecule has 1 aromatic carbocycles. The second-order valence-corrected chi connectivity index (χ2v) is 5.43. The van der Waals surface area contributed by atoms with Crippen molar-refractivity contribution in [2.24, 2.45) is 0 Å². The molecule has 0 aromatic heterocycles. The second-order valence-electron chi connectivity index (χ2n) is 5.02. The highest BCUT2D eigenvalue weighted by Gasteiger charge is 2.20. The van der Waals surface area contributed by atoms with E-state index in [2.05, 4.69) is 10.6 Å². The van der Waals surface area contributed by atoms with E-state index >= 15 is 0 Å². The number of carbonyl (C=O) groups is 1. The van der Waals surface area contributed by atoms with Gasteiger partial charge in [0.05, 0.1) is 10.7 Å². The van der Waals surface area contributed by atoms with Crippen LogP contribution in [0, 0.1) is 0 Å². The molecule has 108 valence electrons. The summed E-state index contributed by atoms with van der Waals surface area (Å²) in [5.74, 6) is 1.20. The van der Waals surface area contributed by atoms with Gasteiger partial charge in [-0.05, 0) is 19.4 Å². The summed E-state index contributed by atoms with van der Waals surface area (Å²) in [6.45, 7) is 2.01. The largest absolute Gasteiger partial charge is 0.486 e. The predicted octanol–water partition coefficient (Wildman–Crippen LogP) is 2.19. The van der Waals surface area contributed by atoms with E-state index in [0.29, 0.717) is 41.8 Å². The van der Waals surface area contributed by atoms with Crippen molar-refractivity contribution < 1.29 is 14.3 Å². The minimum absolute atomic E-state index is 0.0389. The van der Waals surface area contributed by atoms with Crippen molar-refractivity contribution in [1.29, 1.82) is 0 Å². The molecule has 1 fully saturated rings. The van der Waals surface area contributed by atoms with Crippen LogP contribution in [0.25, 0.3) is 0 Å². The molecule has 0 bridgehead atoms. The summed E-state index contributed by atoms with van der Waals surface area (Å²) in [7, 11) is 0. The number of nitrogens with one attached hydrogen (secondary N) is 2. The average molecular weight is 297 g/mol. The van der Waals surface area contributed by atoms with E-state index in [1.165, 1.54) is 0 Å². The van der Waals surface area contributed by atoms with Crippen LogP contribution < -0.4 is 20.1 Å². The van der Waals surface area contributed by atoms with Crippen LogP contribution in [-0.4, -0.2) is 31.7 Å². The lowest BCUT2D eigenvalue weighted by Crippen LogP contribution is -2.27. The van der Waals surface area contributed by atoms with Crippen molar-refractivity contribution in [1.82, 2.24) is 5.32 Å². The number of benzene rings is 1. The molecule has 0 spiro atoms. The summed E-state index contributed by atoms with van der Waals surface area (Å²) < 4.78 is 10.9. The standard InChI is InChI=1S/C14H17ClN2O3/c15-10-7-12-13(20-5-4-19-12)8-11(10)17-14(18)6-9-2-1-3-16-9/h7-9,16H,1-6H2,(H,17,18). The van der Waals surface area contributed by atoms with E-state index in [1.54, 1.807) is 12.1 Å². The van der Waals surface area contributed by atoms with Crippen molar-refractivity contribution >= 4 is 23.2 Å². The molecule has 3 rings (SSSR count). The van der Waals surface area contributed by atoms with Crippen LogP contribution in [0.3, 0.4) is 0 Å². The van der Waals surface area contributed by atoms with E-state index in [1.807, 2.05) is 0 Å². The monoisotopic (exact) mass is 296 g/mol. The van der Waals surface area contributed by atoms with Crippen LogP contribution in [0.2, 0.25) is 5.02 Å². The van der Waals surface area contributed by atoms with Gasteiger partial charge in [0.15, 0.2) is 11.5 Å². The lowest BCUT2D eigenvalue weighted by atomic mass is 10.1. The highest BCUT2D eigenvalue weighted by atomic mass is 35.5. The molecule has 0 saturated carbocycles. The molecule has 1 aromatic rings. The topological polar surface area (TPSA) is 59.6 Å². The molecule has 6 heteroatoms. The van der Waals surface area contributed by atoms with E-state index < -0.39 is 0 Å². The van der Waals surface area contributed by atoms with Crippen LogP contribution in [-0.2, 0) is 4.79 Å². The van der Waals surface area contributed by atoms with Crippen molar-refractivity contribution in [3.8, 4) is 11.5 Å². The maximum Gasteiger partial charge on any atom is 0.225 e. The van der Waals surface area contributed by atoms with Gasteiger partial charge in [0.1, 0.15) is 13.2 Å². The van der Waals surface area contributed by atoms with Crippen LogP contribution in [0.1, 0.15) is 19.3 Å². The summed E-state index contributed by atoms with van der Waals surface area (Å²) in [5.41, 5.74) is 0.568. The Morgan fingerprint density at radius 1 is 1.35 bits per heavy atom. The number of amides is 1. The van der Waals surface area contributed by atoms with Gasteiger partial charge in [-0.25, -0.2) is 0 Å². The van der Waals surface area contributed by atoms with Gasteiger partial charge in [-0.1, -0.05) is 11.6 Å². The number of fused-ring (bicyclic) bond motifs is 1. The lowest BCUT2D eigenvalue weighted by molar-refractivity contribution is -0.116. The van der Waals surface area contributed by atoms with E-state index in [9.17, 15) is 4.79 Å². The molecule has 2 aliphatic heterocycles. The van der Waals surface area contributed by atoms with Crippen LogP contribution in [0.5, 0.6) is 11.5 Å². The Morgan fingerprint density at radius 3 is 2.80 bits per heavy atom. The van der Waals surface area contributed by atoms with Crippen molar-refractivity contribution in [2.45, 2.75) is 25.3 Å². The van der Waals surface area contributed by atoms with E-state index in [4.69, 9.17) is 21.1 Å². The summed E-state index contributed by atoms with van der Waals surface area (Å²) in [6, 6.07) is 3.67. The number of hydrogen-bond donors (Lipinski definition) is 2. The maximum absolute atomic E-state index is 12.0. The number of rotatable bonds is 3. The van der Waals surface area contributed by atoms with Gasteiger partial charge in [-0.3, -0.25) is 4.79 Å². The summed E-state index contributed by atoms with van der Waals surface area (Å²) in [5, 5.41) is 6.60. The fourth-order valence-electron chi connectivity index (χ4n) is 2.52. The van der Waals surface area contributed by atoms with Gasteiger partial charge < -0.3 is 20.1 Å². The summed E-state index contributed by atoms with van der Waals surface area (Å²) >= 11 is 6.16. The van der Waals surface area contributed by atoms with Crippen LogP contribution >= 0.6 is 11.6 Å². The molecular formula is C14H17ClN2O3. The van der Waals surface area contributed by atoms with Crippen LogP contribution in [0.15, 0.2) is 12.1 Å². The summed E-state index contributed by atoms with van der Waals surface area (Å²) in [6.07, 6.45) is 2.63. The van der Waals surface area contributed by atoms with E-state index in [-0.39, 0.29) is 11.9 Å². The highest BCUT2D eigenvalue weighted by Crippen LogP contribution is 2.38. The minimum Gasteiger partial charge on any atom is -0.486 e. The number of halogens is 1. The summed E-state index contributed by atoms with van der Waals surface area (Å²) in [4.78, 5) is 12.0. The van der Waals surface area contributed by atoms with Crippen LogP contribution in [0.4, 0.5) is 5.69 Å². The molecule has 1 unspecified atom stereocenters. The minimum atomic E-state index is -0.0389. The van der Waals surface area contributed by atoms with Gasteiger partial charge in [-0.2, -0.15) is 0 Å². The molecule has 0 aliphatic carbocycles. The Balaban J connectivity index is 1.68. The molecule has 2 heterocycles. The smallest absolute Gasteiger partial charge is 0.225 e. The Labute approximate surface area is 122 Å². The number of ether oxygens (including phenoxy) is 2. The maximum atomic E-state index is 12.0. The van der Waals surface area contributed by atoms with E-state index in [0.717, 1.165) is 19.4 Å². The molecule has 5 nitrogen and oxygen atoms in total. The van der Waals surface area contributed by atoms with Gasteiger partial charge >= 0.3 is 0 Å². The van der Waals surface area contributed by atoms with Gasteiger partial charge in [0.2, 0.25) is 5.91 Å². The molecule has 20 heavy (non-hydrogen) atoms. The third-order valence-corrected chi connectivity index (χ3v) is 3.81. The molecule has 1 amide bonds. The second kappa shape index (κ2) is 5.89. The molecule has 1 saturated heterocycles. The Bertz CT molecular complexity index is 515. The fourth-order valence-corrected chi connectivity index (χ4v) is 2.72. The zero-order chi connectivity index (χ0) is 13.9. The SMILES string of the molecule is O=C(CC1CCCN1)Nc1cc2c(cc1Cl)OCCO2. The quantitative estimate of drug-likeness (QED) is 0.898. The zero-order valence-electron chi connectivity index (χ0n) is 11.1. The first kappa shape index (κ1) is 13.5. The Morgan fingerprint density at radius 2 is 2.10 bits per heavy atom. The first-order valence-electron chi connectivity index (χ1n) is 6.85. The molecule has 2 N–H and O–H groups in total. The first-order valence-corrected chi connectivity index (χ1v) is 7.22. The van der Waals surface area contributed by atoms with Gasteiger partial charge in [-0.15, -0.1) is 0 Å². The first-order chi connectivity index (χ1) is 9.72. The highest BCUT2D eigenvalue weighted by molar-refractivity contribution is 6.34. The number of carbonyl (C=O) groups excluding carboxylic acids is 1. The Hall–Kier alpha value is -1.46. The van der Waals surface area contributed by atoms with Crippen molar-refractivity contribution in [2.75, 3.05) is 25.1 Å².